The van der Waals surface area contributed by atoms with Crippen LogP contribution in [0.4, 0.5) is 5.82 Å². The molecule has 0 aromatic carbocycles. The Balaban J connectivity index is 2.11. The highest BCUT2D eigenvalue weighted by molar-refractivity contribution is 7.09. The molecule has 2 rings (SSSR count). The number of hydrogen-bond acceptors (Lipinski definition) is 6. The van der Waals surface area contributed by atoms with Gasteiger partial charge in [0.25, 0.3) is 5.91 Å². The van der Waals surface area contributed by atoms with Crippen LogP contribution >= 0.6 is 22.9 Å². The van der Waals surface area contributed by atoms with Crippen molar-refractivity contribution in [3.63, 3.8) is 0 Å². The summed E-state index contributed by atoms with van der Waals surface area (Å²) >= 11 is 6.93. The average molecular weight is 270 g/mol. The molecule has 17 heavy (non-hydrogen) atoms. The fraction of sp³-hybridized carbons (Fsp3) is 0.111. The lowest BCUT2D eigenvalue weighted by atomic mass is 10.4. The fourth-order valence-electron chi connectivity index (χ4n) is 1.09. The molecule has 0 aliphatic rings. The van der Waals surface area contributed by atoms with Gasteiger partial charge in [-0.3, -0.25) is 4.79 Å². The molecule has 0 saturated heterocycles. The predicted molar refractivity (Wildman–Crippen MR) is 65.0 cm³/mol. The number of hydrogen-bond donors (Lipinski definition) is 2. The first-order valence-corrected chi connectivity index (χ1v) is 5.89. The molecule has 2 aromatic heterocycles. The van der Waals surface area contributed by atoms with Crippen LogP contribution in [0.3, 0.4) is 0 Å². The number of nitrogens with two attached hydrogens (primary N) is 1. The molecule has 8 heteroatoms. The van der Waals surface area contributed by atoms with Crippen LogP contribution < -0.4 is 11.1 Å². The Morgan fingerprint density at radius 3 is 3.00 bits per heavy atom. The van der Waals surface area contributed by atoms with Crippen LogP contribution in [-0.2, 0) is 6.54 Å². The Bertz CT molecular complexity index is 544. The van der Waals surface area contributed by atoms with Crippen molar-refractivity contribution < 1.29 is 4.79 Å². The summed E-state index contributed by atoms with van der Waals surface area (Å²) in [4.78, 5) is 23.3. The van der Waals surface area contributed by atoms with E-state index in [2.05, 4.69) is 20.3 Å². The quantitative estimate of drug-likeness (QED) is 0.819. The first-order chi connectivity index (χ1) is 8.19. The van der Waals surface area contributed by atoms with E-state index in [0.717, 1.165) is 0 Å². The van der Waals surface area contributed by atoms with E-state index >= 15 is 0 Å². The zero-order chi connectivity index (χ0) is 12.3. The number of carbonyl (C=O) groups excluding carboxylic acids is 1. The Morgan fingerprint density at radius 1 is 1.53 bits per heavy atom. The maximum Gasteiger partial charge on any atom is 0.276 e. The predicted octanol–water partition coefficient (Wildman–Crippen LogP) is 1.30. The standard InChI is InChI=1S/C9H8ClN5OS/c10-9-12-2-1-6(15-9)14-8(16)5-4-17-7(3-11)13-5/h1-2,4H,3,11H2,(H,12,14,15,16). The molecule has 3 N–H and O–H groups in total. The maximum absolute atomic E-state index is 11.7. The Labute approximate surface area is 106 Å². The molecule has 88 valence electrons. The number of rotatable bonds is 3. The van der Waals surface area contributed by atoms with E-state index in [9.17, 15) is 4.79 Å². The topological polar surface area (TPSA) is 93.8 Å². The van der Waals surface area contributed by atoms with Crippen molar-refractivity contribution in [2.24, 2.45) is 5.73 Å². The second-order valence-electron chi connectivity index (χ2n) is 3.00. The lowest BCUT2D eigenvalue weighted by molar-refractivity contribution is 0.102. The van der Waals surface area contributed by atoms with Crippen molar-refractivity contribution in [2.45, 2.75) is 6.54 Å². The van der Waals surface area contributed by atoms with Gasteiger partial charge < -0.3 is 11.1 Å². The third kappa shape index (κ3) is 2.96. The summed E-state index contributed by atoms with van der Waals surface area (Å²) in [5.41, 5.74) is 5.72. The van der Waals surface area contributed by atoms with Gasteiger partial charge in [-0.15, -0.1) is 11.3 Å². The SMILES string of the molecule is NCc1nc(C(=O)Nc2ccnc(Cl)n2)cs1. The number of anilines is 1. The molecule has 0 spiro atoms. The molecule has 0 aliphatic carbocycles. The van der Waals surface area contributed by atoms with Gasteiger partial charge in [-0.1, -0.05) is 0 Å². The van der Waals surface area contributed by atoms with Crippen LogP contribution in [0.2, 0.25) is 5.28 Å². The van der Waals surface area contributed by atoms with Gasteiger partial charge in [0, 0.05) is 18.1 Å². The van der Waals surface area contributed by atoms with Gasteiger partial charge in [0.1, 0.15) is 16.5 Å². The Hall–Kier alpha value is -1.57. The molecule has 0 saturated carbocycles. The van der Waals surface area contributed by atoms with E-state index in [0.29, 0.717) is 23.1 Å². The van der Waals surface area contributed by atoms with Crippen LogP contribution in [0, 0.1) is 0 Å². The zero-order valence-electron chi connectivity index (χ0n) is 8.55. The van der Waals surface area contributed by atoms with Crippen molar-refractivity contribution in [3.05, 3.63) is 33.6 Å². The van der Waals surface area contributed by atoms with E-state index in [1.165, 1.54) is 17.5 Å². The highest BCUT2D eigenvalue weighted by atomic mass is 35.5. The summed E-state index contributed by atoms with van der Waals surface area (Å²) in [5.74, 6) is -0.0204. The number of carbonyl (C=O) groups is 1. The van der Waals surface area contributed by atoms with Gasteiger partial charge in [0.05, 0.1) is 0 Å². The van der Waals surface area contributed by atoms with Crippen LogP contribution in [0.5, 0.6) is 0 Å². The minimum absolute atomic E-state index is 0.0729. The van der Waals surface area contributed by atoms with Crippen LogP contribution in [0.1, 0.15) is 15.5 Å². The molecule has 0 unspecified atom stereocenters. The van der Waals surface area contributed by atoms with Crippen LogP contribution in [0.15, 0.2) is 17.6 Å². The highest BCUT2D eigenvalue weighted by Gasteiger charge is 2.11. The van der Waals surface area contributed by atoms with Gasteiger partial charge in [-0.05, 0) is 17.7 Å². The van der Waals surface area contributed by atoms with Crippen molar-refractivity contribution in [2.75, 3.05) is 5.32 Å². The summed E-state index contributed by atoms with van der Waals surface area (Å²) in [6.45, 7) is 0.317. The number of nitrogens with zero attached hydrogens (tertiary/aromatic N) is 3. The lowest BCUT2D eigenvalue weighted by Gasteiger charge is -2.01. The smallest absolute Gasteiger partial charge is 0.276 e. The molecule has 6 nitrogen and oxygen atoms in total. The summed E-state index contributed by atoms with van der Waals surface area (Å²) in [7, 11) is 0. The summed E-state index contributed by atoms with van der Waals surface area (Å²) in [6, 6.07) is 1.54. The summed E-state index contributed by atoms with van der Waals surface area (Å²) in [6.07, 6.45) is 1.46. The summed E-state index contributed by atoms with van der Waals surface area (Å²) < 4.78 is 0. The molecule has 0 aliphatic heterocycles. The maximum atomic E-state index is 11.7. The molecule has 0 fully saturated rings. The van der Waals surface area contributed by atoms with Crippen LogP contribution in [-0.4, -0.2) is 20.9 Å². The van der Waals surface area contributed by atoms with Crippen molar-refractivity contribution in [1.82, 2.24) is 15.0 Å². The van der Waals surface area contributed by atoms with E-state index in [1.54, 1.807) is 11.4 Å². The normalized spacial score (nSPS) is 10.2. The van der Waals surface area contributed by atoms with Crippen molar-refractivity contribution >= 4 is 34.7 Å². The molecule has 2 heterocycles. The number of aromatic nitrogens is 3. The van der Waals surface area contributed by atoms with Gasteiger partial charge in [-0.25, -0.2) is 15.0 Å². The average Bonchev–Trinajstić information content (AvgIpc) is 2.77. The largest absolute Gasteiger partial charge is 0.325 e. The summed E-state index contributed by atoms with van der Waals surface area (Å²) in [5, 5.41) is 4.98. The minimum atomic E-state index is -0.351. The number of nitrogens with one attached hydrogen (secondary N) is 1. The van der Waals surface area contributed by atoms with E-state index in [1.807, 2.05) is 0 Å². The first kappa shape index (κ1) is 11.9. The fourth-order valence-corrected chi connectivity index (χ4v) is 1.90. The van der Waals surface area contributed by atoms with Crippen molar-refractivity contribution in [1.29, 1.82) is 0 Å². The Morgan fingerprint density at radius 2 is 2.35 bits per heavy atom. The van der Waals surface area contributed by atoms with Crippen molar-refractivity contribution in [3.8, 4) is 0 Å². The van der Waals surface area contributed by atoms with Crippen LogP contribution in [0.25, 0.3) is 0 Å². The first-order valence-electron chi connectivity index (χ1n) is 4.63. The second-order valence-corrected chi connectivity index (χ2v) is 4.28. The van der Waals surface area contributed by atoms with E-state index < -0.39 is 0 Å². The highest BCUT2D eigenvalue weighted by Crippen LogP contribution is 2.11. The number of halogens is 1. The molecule has 0 atom stereocenters. The third-order valence-electron chi connectivity index (χ3n) is 1.83. The molecular weight excluding hydrogens is 262 g/mol. The molecule has 2 aromatic rings. The lowest BCUT2D eigenvalue weighted by Crippen LogP contribution is -2.13. The molecule has 0 radical (unpaired) electrons. The number of amides is 1. The molecule has 1 amide bonds. The molecule has 0 bridgehead atoms. The van der Waals surface area contributed by atoms with Gasteiger partial charge in [-0.2, -0.15) is 0 Å². The van der Waals surface area contributed by atoms with E-state index in [-0.39, 0.29) is 11.2 Å². The second kappa shape index (κ2) is 5.17. The number of thiazole rings is 1. The van der Waals surface area contributed by atoms with Gasteiger partial charge in [0.15, 0.2) is 0 Å². The van der Waals surface area contributed by atoms with E-state index in [4.69, 9.17) is 17.3 Å². The monoisotopic (exact) mass is 269 g/mol. The Kier molecular flexibility index (Phi) is 3.62. The zero-order valence-corrected chi connectivity index (χ0v) is 10.1. The van der Waals surface area contributed by atoms with Gasteiger partial charge >= 0.3 is 0 Å². The third-order valence-corrected chi connectivity index (χ3v) is 2.88. The minimum Gasteiger partial charge on any atom is -0.325 e. The van der Waals surface area contributed by atoms with Gasteiger partial charge in [0.2, 0.25) is 5.28 Å². The molecular formula is C9H8ClN5OS.